The number of carboxylic acids is 1. The fraction of sp³-hybridized carbons (Fsp3) is 0. The highest BCUT2D eigenvalue weighted by Crippen LogP contribution is 2.32. The lowest BCUT2D eigenvalue weighted by Gasteiger charge is -2.07. The molecule has 5 rings (SSSR count). The molecule has 5 aromatic rings. The maximum Gasteiger partial charge on any atom is 0.358 e. The van der Waals surface area contributed by atoms with Crippen molar-refractivity contribution < 1.29 is 14.4 Å². The molecule has 0 saturated carbocycles. The van der Waals surface area contributed by atoms with Crippen LogP contribution in [0.3, 0.4) is 0 Å². The number of benzene rings is 3. The highest BCUT2D eigenvalue weighted by atomic mass is 35.5. The number of fused-ring (bicyclic) bond motifs is 1. The van der Waals surface area contributed by atoms with Crippen molar-refractivity contribution in [1.29, 1.82) is 0 Å². The first-order valence-corrected chi connectivity index (χ1v) is 9.40. The van der Waals surface area contributed by atoms with Crippen LogP contribution in [0.5, 0.6) is 0 Å². The van der Waals surface area contributed by atoms with Crippen molar-refractivity contribution in [2.45, 2.75) is 0 Å². The minimum Gasteiger partial charge on any atom is -0.476 e. The van der Waals surface area contributed by atoms with Crippen molar-refractivity contribution in [2.24, 2.45) is 0 Å². The minimum absolute atomic E-state index is 0.121. The Hall–Kier alpha value is -3.97. The number of carboxylic acid groups (broad SMARTS) is 1. The first-order chi connectivity index (χ1) is 14.6. The van der Waals surface area contributed by atoms with Crippen LogP contribution in [-0.2, 0) is 0 Å². The first-order valence-electron chi connectivity index (χ1n) is 9.02. The zero-order valence-electron chi connectivity index (χ0n) is 15.4. The van der Waals surface area contributed by atoms with Gasteiger partial charge in [0.1, 0.15) is 11.2 Å². The molecule has 0 atom stereocenters. The van der Waals surface area contributed by atoms with Crippen LogP contribution in [0.2, 0.25) is 5.02 Å². The van der Waals surface area contributed by atoms with Gasteiger partial charge < -0.3 is 9.63 Å². The summed E-state index contributed by atoms with van der Waals surface area (Å²) in [6, 6.07) is 21.9. The van der Waals surface area contributed by atoms with E-state index in [1.54, 1.807) is 24.3 Å². The fourth-order valence-electron chi connectivity index (χ4n) is 3.33. The van der Waals surface area contributed by atoms with Crippen LogP contribution < -0.4 is 0 Å². The number of aromatic carboxylic acids is 1. The van der Waals surface area contributed by atoms with Crippen LogP contribution in [0.25, 0.3) is 39.2 Å². The lowest BCUT2D eigenvalue weighted by Crippen LogP contribution is -2.03. The number of halogens is 1. The Morgan fingerprint density at radius 1 is 0.967 bits per heavy atom. The quantitative estimate of drug-likeness (QED) is 0.438. The molecule has 0 amide bonds. The second-order valence-corrected chi connectivity index (χ2v) is 7.03. The summed E-state index contributed by atoms with van der Waals surface area (Å²) in [6.45, 7) is 0. The molecule has 2 heterocycles. The van der Waals surface area contributed by atoms with Gasteiger partial charge in [0.05, 0.1) is 11.1 Å². The van der Waals surface area contributed by atoms with Crippen LogP contribution in [0.15, 0.2) is 77.3 Å². The fourth-order valence-corrected chi connectivity index (χ4v) is 3.46. The SMILES string of the molecule is O=C(O)c1nnn(-c2ccc3noc(-c4ccc(Cl)cc4)c3c2)c1-c1ccccc1. The number of carbonyl (C=O) groups is 1. The summed E-state index contributed by atoms with van der Waals surface area (Å²) in [6.07, 6.45) is 0. The summed E-state index contributed by atoms with van der Waals surface area (Å²) in [5, 5.41) is 23.1. The highest BCUT2D eigenvalue weighted by Gasteiger charge is 2.22. The average molecular weight is 417 g/mol. The van der Waals surface area contributed by atoms with Crippen LogP contribution in [0, 0.1) is 0 Å². The summed E-state index contributed by atoms with van der Waals surface area (Å²) in [5.74, 6) is -0.559. The highest BCUT2D eigenvalue weighted by molar-refractivity contribution is 6.30. The molecule has 8 heteroatoms. The smallest absolute Gasteiger partial charge is 0.358 e. The van der Waals surface area contributed by atoms with Gasteiger partial charge in [0.15, 0.2) is 11.5 Å². The largest absolute Gasteiger partial charge is 0.476 e. The van der Waals surface area contributed by atoms with Gasteiger partial charge in [0, 0.05) is 16.1 Å². The lowest BCUT2D eigenvalue weighted by molar-refractivity contribution is 0.0691. The molecule has 0 aliphatic heterocycles. The molecule has 146 valence electrons. The van der Waals surface area contributed by atoms with Gasteiger partial charge in [0.25, 0.3) is 0 Å². The van der Waals surface area contributed by atoms with Gasteiger partial charge in [-0.3, -0.25) is 0 Å². The van der Waals surface area contributed by atoms with Crippen LogP contribution in [-0.4, -0.2) is 31.2 Å². The number of aromatic nitrogens is 4. The van der Waals surface area contributed by atoms with E-state index in [0.29, 0.717) is 33.2 Å². The van der Waals surface area contributed by atoms with Gasteiger partial charge in [0.2, 0.25) is 0 Å². The van der Waals surface area contributed by atoms with Gasteiger partial charge in [-0.25, -0.2) is 9.48 Å². The van der Waals surface area contributed by atoms with Gasteiger partial charge in [-0.2, -0.15) is 0 Å². The lowest BCUT2D eigenvalue weighted by atomic mass is 10.1. The molecule has 30 heavy (non-hydrogen) atoms. The zero-order chi connectivity index (χ0) is 20.7. The van der Waals surface area contributed by atoms with Crippen LogP contribution in [0.1, 0.15) is 10.5 Å². The zero-order valence-corrected chi connectivity index (χ0v) is 16.1. The molecule has 0 aliphatic carbocycles. The standard InChI is InChI=1S/C22H13ClN4O3/c23-15-8-6-14(7-9-15)21-17-12-16(10-11-18(17)25-30-21)27-20(13-4-2-1-3-5-13)19(22(28)29)24-26-27/h1-12H,(H,28,29). The second kappa shape index (κ2) is 7.13. The molecule has 0 radical (unpaired) electrons. The van der Waals surface area contributed by atoms with E-state index in [0.717, 1.165) is 10.9 Å². The van der Waals surface area contributed by atoms with Crippen molar-refractivity contribution in [1.82, 2.24) is 20.2 Å². The Bertz CT molecular complexity index is 1380. The predicted molar refractivity (Wildman–Crippen MR) is 112 cm³/mol. The van der Waals surface area contributed by atoms with Crippen LogP contribution >= 0.6 is 11.6 Å². The third-order valence-corrected chi connectivity index (χ3v) is 4.98. The van der Waals surface area contributed by atoms with Gasteiger partial charge >= 0.3 is 5.97 Å². The van der Waals surface area contributed by atoms with E-state index >= 15 is 0 Å². The molecule has 0 bridgehead atoms. The predicted octanol–water partition coefficient (Wildman–Crippen LogP) is 5.09. The molecule has 2 aromatic heterocycles. The molecule has 0 fully saturated rings. The maximum atomic E-state index is 11.7. The van der Waals surface area contributed by atoms with Gasteiger partial charge in [-0.1, -0.05) is 52.3 Å². The summed E-state index contributed by atoms with van der Waals surface area (Å²) < 4.78 is 7.07. The Kier molecular flexibility index (Phi) is 4.30. The van der Waals surface area contributed by atoms with Crippen molar-refractivity contribution in [3.8, 4) is 28.3 Å². The number of rotatable bonds is 4. The van der Waals surface area contributed by atoms with E-state index in [2.05, 4.69) is 15.5 Å². The Morgan fingerprint density at radius 3 is 2.47 bits per heavy atom. The molecule has 3 aromatic carbocycles. The normalized spacial score (nSPS) is 11.1. The summed E-state index contributed by atoms with van der Waals surface area (Å²) >= 11 is 5.99. The monoisotopic (exact) mass is 416 g/mol. The topological polar surface area (TPSA) is 94.0 Å². The van der Waals surface area contributed by atoms with Gasteiger partial charge in [-0.15, -0.1) is 5.10 Å². The maximum absolute atomic E-state index is 11.7. The molecular weight excluding hydrogens is 404 g/mol. The van der Waals surface area contributed by atoms with E-state index < -0.39 is 5.97 Å². The number of hydrogen-bond acceptors (Lipinski definition) is 5. The molecular formula is C22H13ClN4O3. The van der Waals surface area contributed by atoms with Crippen molar-refractivity contribution in [3.05, 3.63) is 83.5 Å². The molecule has 7 nitrogen and oxygen atoms in total. The summed E-state index contributed by atoms with van der Waals surface area (Å²) in [7, 11) is 0. The molecule has 0 saturated heterocycles. The molecule has 0 aliphatic rings. The van der Waals surface area contributed by atoms with E-state index in [9.17, 15) is 9.90 Å². The Labute approximate surface area is 175 Å². The van der Waals surface area contributed by atoms with E-state index in [-0.39, 0.29) is 5.69 Å². The molecule has 0 unspecified atom stereocenters. The van der Waals surface area contributed by atoms with E-state index in [4.69, 9.17) is 16.1 Å². The Balaban J connectivity index is 1.70. The van der Waals surface area contributed by atoms with Crippen molar-refractivity contribution in [2.75, 3.05) is 0 Å². The molecule has 1 N–H and O–H groups in total. The van der Waals surface area contributed by atoms with E-state index in [1.807, 2.05) is 48.5 Å². The minimum atomic E-state index is -1.15. The second-order valence-electron chi connectivity index (χ2n) is 6.59. The Morgan fingerprint density at radius 2 is 1.73 bits per heavy atom. The summed E-state index contributed by atoms with van der Waals surface area (Å²) in [5.41, 5.74) is 3.11. The van der Waals surface area contributed by atoms with Gasteiger partial charge in [-0.05, 0) is 42.5 Å². The third-order valence-electron chi connectivity index (χ3n) is 4.73. The van der Waals surface area contributed by atoms with Crippen LogP contribution in [0.4, 0.5) is 0 Å². The average Bonchev–Trinajstić information content (AvgIpc) is 3.39. The van der Waals surface area contributed by atoms with E-state index in [1.165, 1.54) is 4.68 Å². The third kappa shape index (κ3) is 3.01. The number of hydrogen-bond donors (Lipinski definition) is 1. The van der Waals surface area contributed by atoms with Crippen molar-refractivity contribution >= 4 is 28.5 Å². The first kappa shape index (κ1) is 18.1. The molecule has 0 spiro atoms. The summed E-state index contributed by atoms with van der Waals surface area (Å²) in [4.78, 5) is 11.7. The number of nitrogens with zero attached hydrogens (tertiary/aromatic N) is 4. The van der Waals surface area contributed by atoms with Crippen molar-refractivity contribution in [3.63, 3.8) is 0 Å².